The van der Waals surface area contributed by atoms with Gasteiger partial charge in [0.2, 0.25) is 0 Å². The number of rotatable bonds is 3. The third-order valence-corrected chi connectivity index (χ3v) is 3.44. The number of alkyl halides is 3. The molecule has 0 aromatic heterocycles. The van der Waals surface area contributed by atoms with Gasteiger partial charge in [0.1, 0.15) is 0 Å². The second-order valence-corrected chi connectivity index (χ2v) is 5.15. The number of Topliss-reactive ketones (excluding diaryl/α,β-unsaturated/α-hetero) is 1. The van der Waals surface area contributed by atoms with Crippen molar-refractivity contribution in [3.8, 4) is 0 Å². The predicted molar refractivity (Wildman–Crippen MR) is 75.7 cm³/mol. The van der Waals surface area contributed by atoms with E-state index >= 15 is 0 Å². The van der Waals surface area contributed by atoms with Gasteiger partial charge < -0.3 is 0 Å². The molecule has 0 aliphatic carbocycles. The lowest BCUT2D eigenvalue weighted by molar-refractivity contribution is -0.137. The Morgan fingerprint density at radius 3 is 2.43 bits per heavy atom. The number of hydrogen-bond donors (Lipinski definition) is 0. The normalized spacial score (nSPS) is 11.5. The molecule has 0 aliphatic heterocycles. The first-order valence-corrected chi connectivity index (χ1v) is 6.61. The number of hydrogen-bond acceptors (Lipinski definition) is 1. The van der Waals surface area contributed by atoms with Crippen LogP contribution in [0.3, 0.4) is 0 Å². The fraction of sp³-hybridized carbons (Fsp3) is 0.188. The summed E-state index contributed by atoms with van der Waals surface area (Å²) in [4.78, 5) is 12.2. The van der Waals surface area contributed by atoms with Crippen LogP contribution in [0.1, 0.15) is 27.0 Å². The Labute approximate surface area is 125 Å². The Kier molecular flexibility index (Phi) is 4.37. The van der Waals surface area contributed by atoms with E-state index in [9.17, 15) is 18.0 Å². The fourth-order valence-electron chi connectivity index (χ4n) is 2.04. The first kappa shape index (κ1) is 15.6. The van der Waals surface area contributed by atoms with Crippen LogP contribution in [0, 0.1) is 6.92 Å². The first-order valence-electron chi connectivity index (χ1n) is 6.23. The van der Waals surface area contributed by atoms with Gasteiger partial charge in [0.15, 0.2) is 5.78 Å². The molecule has 0 amide bonds. The zero-order valence-electron chi connectivity index (χ0n) is 11.2. The van der Waals surface area contributed by atoms with Gasteiger partial charge in [-0.2, -0.15) is 13.2 Å². The molecule has 110 valence electrons. The van der Waals surface area contributed by atoms with Crippen molar-refractivity contribution in [2.75, 3.05) is 0 Å². The van der Waals surface area contributed by atoms with E-state index in [1.54, 1.807) is 18.2 Å². The molecule has 5 heteroatoms. The summed E-state index contributed by atoms with van der Waals surface area (Å²) < 4.78 is 38.7. The van der Waals surface area contributed by atoms with E-state index in [4.69, 9.17) is 11.6 Å². The van der Waals surface area contributed by atoms with Crippen molar-refractivity contribution >= 4 is 17.4 Å². The minimum Gasteiger partial charge on any atom is -0.294 e. The van der Waals surface area contributed by atoms with Gasteiger partial charge in [0.25, 0.3) is 0 Å². The Hall–Kier alpha value is -1.81. The number of carbonyl (C=O) groups is 1. The SMILES string of the molecule is Cc1ccc(CC(=O)c2ccccc2C(F)(F)F)c(Cl)c1. The van der Waals surface area contributed by atoms with Gasteiger partial charge in [-0.05, 0) is 30.2 Å². The van der Waals surface area contributed by atoms with Gasteiger partial charge in [-0.3, -0.25) is 4.79 Å². The van der Waals surface area contributed by atoms with Gasteiger partial charge in [-0.15, -0.1) is 0 Å². The summed E-state index contributed by atoms with van der Waals surface area (Å²) in [6, 6.07) is 9.88. The minimum absolute atomic E-state index is 0.161. The average Bonchev–Trinajstić information content (AvgIpc) is 2.41. The molecule has 0 spiro atoms. The van der Waals surface area contributed by atoms with E-state index in [0.717, 1.165) is 11.6 Å². The van der Waals surface area contributed by atoms with Crippen LogP contribution >= 0.6 is 11.6 Å². The van der Waals surface area contributed by atoms with Crippen LogP contribution in [0.2, 0.25) is 5.02 Å². The summed E-state index contributed by atoms with van der Waals surface area (Å²) >= 11 is 6.02. The molecular formula is C16H12ClF3O. The molecule has 0 N–H and O–H groups in total. The number of benzene rings is 2. The molecule has 0 atom stereocenters. The largest absolute Gasteiger partial charge is 0.417 e. The number of aryl methyl sites for hydroxylation is 1. The van der Waals surface area contributed by atoms with Gasteiger partial charge >= 0.3 is 6.18 Å². The summed E-state index contributed by atoms with van der Waals surface area (Å²) in [5.74, 6) is -0.603. The van der Waals surface area contributed by atoms with Crippen molar-refractivity contribution in [2.24, 2.45) is 0 Å². The smallest absolute Gasteiger partial charge is 0.294 e. The minimum atomic E-state index is -4.55. The van der Waals surface area contributed by atoms with Crippen molar-refractivity contribution < 1.29 is 18.0 Å². The van der Waals surface area contributed by atoms with E-state index in [1.807, 2.05) is 6.92 Å². The standard InChI is InChI=1S/C16H12ClF3O/c1-10-6-7-11(14(17)8-10)9-15(21)12-4-2-3-5-13(12)16(18,19)20/h2-8H,9H2,1H3. The van der Waals surface area contributed by atoms with Crippen LogP contribution in [0.15, 0.2) is 42.5 Å². The van der Waals surface area contributed by atoms with E-state index in [1.165, 1.54) is 18.2 Å². The molecule has 0 saturated heterocycles. The van der Waals surface area contributed by atoms with Crippen molar-refractivity contribution in [3.05, 3.63) is 69.7 Å². The molecule has 0 heterocycles. The van der Waals surface area contributed by atoms with Crippen molar-refractivity contribution in [1.29, 1.82) is 0 Å². The van der Waals surface area contributed by atoms with Crippen LogP contribution in [0.25, 0.3) is 0 Å². The Bertz CT molecular complexity index is 677. The van der Waals surface area contributed by atoms with Crippen LogP contribution in [-0.2, 0) is 12.6 Å². The molecule has 0 bridgehead atoms. The fourth-order valence-corrected chi connectivity index (χ4v) is 2.34. The lowest BCUT2D eigenvalue weighted by atomic mass is 9.98. The zero-order chi connectivity index (χ0) is 15.6. The molecule has 2 rings (SSSR count). The molecule has 0 aliphatic rings. The maximum absolute atomic E-state index is 12.9. The van der Waals surface area contributed by atoms with E-state index in [0.29, 0.717) is 10.6 Å². The molecule has 0 fully saturated rings. The van der Waals surface area contributed by atoms with E-state index < -0.39 is 17.5 Å². The maximum Gasteiger partial charge on any atom is 0.417 e. The predicted octanol–water partition coefficient (Wildman–Crippen LogP) is 5.09. The van der Waals surface area contributed by atoms with E-state index in [2.05, 4.69) is 0 Å². The molecule has 0 unspecified atom stereocenters. The monoisotopic (exact) mass is 312 g/mol. The second kappa shape index (κ2) is 5.90. The first-order chi connectivity index (χ1) is 9.79. The lowest BCUT2D eigenvalue weighted by Gasteiger charge is -2.12. The maximum atomic E-state index is 12.9. The lowest BCUT2D eigenvalue weighted by Crippen LogP contribution is -2.14. The quantitative estimate of drug-likeness (QED) is 0.721. The third kappa shape index (κ3) is 3.64. The summed E-state index contributed by atoms with van der Waals surface area (Å²) in [6.45, 7) is 1.84. The topological polar surface area (TPSA) is 17.1 Å². The number of carbonyl (C=O) groups excluding carboxylic acids is 1. The van der Waals surface area contributed by atoms with Crippen LogP contribution in [0.5, 0.6) is 0 Å². The van der Waals surface area contributed by atoms with E-state index in [-0.39, 0.29) is 12.0 Å². The van der Waals surface area contributed by atoms with Crippen molar-refractivity contribution in [1.82, 2.24) is 0 Å². The van der Waals surface area contributed by atoms with Crippen molar-refractivity contribution in [2.45, 2.75) is 19.5 Å². The average molecular weight is 313 g/mol. The molecular weight excluding hydrogens is 301 g/mol. The third-order valence-electron chi connectivity index (χ3n) is 3.09. The van der Waals surface area contributed by atoms with Crippen LogP contribution < -0.4 is 0 Å². The highest BCUT2D eigenvalue weighted by Gasteiger charge is 2.34. The molecule has 0 saturated carbocycles. The number of ketones is 1. The zero-order valence-corrected chi connectivity index (χ0v) is 11.9. The molecule has 2 aromatic rings. The van der Waals surface area contributed by atoms with Gasteiger partial charge in [-0.1, -0.05) is 41.9 Å². The molecule has 21 heavy (non-hydrogen) atoms. The molecule has 0 radical (unpaired) electrons. The number of halogens is 4. The Balaban J connectivity index is 2.33. The molecule has 2 aromatic carbocycles. The Morgan fingerprint density at radius 1 is 1.14 bits per heavy atom. The highest BCUT2D eigenvalue weighted by atomic mass is 35.5. The van der Waals surface area contributed by atoms with Gasteiger partial charge in [0.05, 0.1) is 5.56 Å². The summed E-state index contributed by atoms with van der Waals surface area (Å²) in [7, 11) is 0. The highest BCUT2D eigenvalue weighted by molar-refractivity contribution is 6.31. The summed E-state index contributed by atoms with van der Waals surface area (Å²) in [5.41, 5.74) is 0.191. The second-order valence-electron chi connectivity index (χ2n) is 4.74. The summed E-state index contributed by atoms with van der Waals surface area (Å²) in [6.07, 6.45) is -4.71. The summed E-state index contributed by atoms with van der Waals surface area (Å²) in [5, 5.41) is 0.382. The van der Waals surface area contributed by atoms with Gasteiger partial charge in [-0.25, -0.2) is 0 Å². The van der Waals surface area contributed by atoms with Crippen LogP contribution in [0.4, 0.5) is 13.2 Å². The van der Waals surface area contributed by atoms with Crippen LogP contribution in [-0.4, -0.2) is 5.78 Å². The highest BCUT2D eigenvalue weighted by Crippen LogP contribution is 2.32. The molecule has 1 nitrogen and oxygen atoms in total. The Morgan fingerprint density at radius 2 is 1.81 bits per heavy atom. The van der Waals surface area contributed by atoms with Crippen molar-refractivity contribution in [3.63, 3.8) is 0 Å². The van der Waals surface area contributed by atoms with Gasteiger partial charge in [0, 0.05) is 17.0 Å².